The van der Waals surface area contributed by atoms with Crippen molar-refractivity contribution in [2.75, 3.05) is 10.2 Å². The van der Waals surface area contributed by atoms with Crippen LogP contribution in [0.5, 0.6) is 0 Å². The van der Waals surface area contributed by atoms with Crippen molar-refractivity contribution in [1.29, 1.82) is 0 Å². The highest BCUT2D eigenvalue weighted by Gasteiger charge is 2.35. The van der Waals surface area contributed by atoms with Crippen LogP contribution in [0.15, 0.2) is 22.7 Å². The SMILES string of the molecule is CC1(O)CCC(Nc2ccc(Br)cc2N2C(=O)CCCC2C(N)=O)CC1. The number of halogens is 1. The number of carbonyl (C=O) groups excluding carboxylic acids is 2. The van der Waals surface area contributed by atoms with Crippen LogP contribution < -0.4 is 16.0 Å². The maximum atomic E-state index is 12.6. The third-order valence-corrected chi connectivity index (χ3v) is 5.91. The van der Waals surface area contributed by atoms with Gasteiger partial charge in [0.25, 0.3) is 0 Å². The number of carbonyl (C=O) groups is 2. The molecule has 2 aliphatic rings. The Balaban J connectivity index is 1.88. The number of rotatable bonds is 4. The van der Waals surface area contributed by atoms with Crippen LogP contribution in [0, 0.1) is 0 Å². The first-order valence-corrected chi connectivity index (χ1v) is 9.96. The van der Waals surface area contributed by atoms with E-state index in [1.165, 1.54) is 0 Å². The van der Waals surface area contributed by atoms with Gasteiger partial charge in [-0.2, -0.15) is 0 Å². The maximum Gasteiger partial charge on any atom is 0.240 e. The molecular formula is C19H26BrN3O3. The van der Waals surface area contributed by atoms with Crippen molar-refractivity contribution in [3.63, 3.8) is 0 Å². The van der Waals surface area contributed by atoms with Gasteiger partial charge in [0.1, 0.15) is 6.04 Å². The Labute approximate surface area is 162 Å². The summed E-state index contributed by atoms with van der Waals surface area (Å²) in [6.07, 6.45) is 4.87. The summed E-state index contributed by atoms with van der Waals surface area (Å²) in [7, 11) is 0. The molecule has 1 aromatic carbocycles. The van der Waals surface area contributed by atoms with Crippen LogP contribution in [0.25, 0.3) is 0 Å². The molecule has 142 valence electrons. The molecule has 6 nitrogen and oxygen atoms in total. The van der Waals surface area contributed by atoms with Crippen LogP contribution in [0.1, 0.15) is 51.9 Å². The largest absolute Gasteiger partial charge is 0.390 e. The summed E-state index contributed by atoms with van der Waals surface area (Å²) in [4.78, 5) is 26.1. The quantitative estimate of drug-likeness (QED) is 0.693. The van der Waals surface area contributed by atoms with Gasteiger partial charge in [-0.3, -0.25) is 14.5 Å². The molecule has 3 rings (SSSR count). The van der Waals surface area contributed by atoms with Crippen molar-refractivity contribution in [3.8, 4) is 0 Å². The first-order valence-electron chi connectivity index (χ1n) is 9.17. The number of nitrogens with zero attached hydrogens (tertiary/aromatic N) is 1. The molecule has 1 aromatic rings. The Bertz CT molecular complexity index is 697. The minimum absolute atomic E-state index is 0.0761. The molecule has 0 spiro atoms. The number of primary amides is 1. The lowest BCUT2D eigenvalue weighted by Crippen LogP contribution is -2.51. The topological polar surface area (TPSA) is 95.7 Å². The average molecular weight is 424 g/mol. The number of nitrogens with two attached hydrogens (primary N) is 1. The van der Waals surface area contributed by atoms with Crippen LogP contribution in [0.4, 0.5) is 11.4 Å². The third-order valence-electron chi connectivity index (χ3n) is 5.42. The number of hydrogen-bond acceptors (Lipinski definition) is 4. The van der Waals surface area contributed by atoms with Crippen LogP contribution in [0.2, 0.25) is 0 Å². The monoisotopic (exact) mass is 423 g/mol. The molecule has 7 heteroatoms. The Hall–Kier alpha value is -1.60. The number of aliphatic hydroxyl groups is 1. The molecular weight excluding hydrogens is 398 g/mol. The van der Waals surface area contributed by atoms with Crippen LogP contribution in [-0.2, 0) is 9.59 Å². The van der Waals surface area contributed by atoms with Gasteiger partial charge in [-0.05, 0) is 63.6 Å². The lowest BCUT2D eigenvalue weighted by molar-refractivity contribution is -0.126. The molecule has 2 fully saturated rings. The first-order chi connectivity index (χ1) is 12.3. The van der Waals surface area contributed by atoms with E-state index in [0.717, 1.165) is 35.8 Å². The van der Waals surface area contributed by atoms with E-state index < -0.39 is 17.6 Å². The fourth-order valence-electron chi connectivity index (χ4n) is 3.87. The van der Waals surface area contributed by atoms with Gasteiger partial charge in [0, 0.05) is 16.9 Å². The molecule has 2 amide bonds. The Morgan fingerprint density at radius 1 is 1.35 bits per heavy atom. The van der Waals surface area contributed by atoms with Crippen molar-refractivity contribution in [1.82, 2.24) is 0 Å². The number of anilines is 2. The molecule has 1 aliphatic carbocycles. The van der Waals surface area contributed by atoms with Crippen molar-refractivity contribution >= 4 is 39.1 Å². The van der Waals surface area contributed by atoms with E-state index >= 15 is 0 Å². The third kappa shape index (κ3) is 4.20. The van der Waals surface area contributed by atoms with E-state index in [1.54, 1.807) is 4.90 Å². The molecule has 1 saturated carbocycles. The summed E-state index contributed by atoms with van der Waals surface area (Å²) in [5.41, 5.74) is 6.48. The van der Waals surface area contributed by atoms with Crippen molar-refractivity contribution in [2.24, 2.45) is 5.73 Å². The number of benzene rings is 1. The summed E-state index contributed by atoms with van der Waals surface area (Å²) < 4.78 is 0.839. The highest BCUT2D eigenvalue weighted by atomic mass is 79.9. The van der Waals surface area contributed by atoms with E-state index in [4.69, 9.17) is 5.73 Å². The molecule has 0 aromatic heterocycles. The zero-order chi connectivity index (χ0) is 18.9. The zero-order valence-electron chi connectivity index (χ0n) is 15.0. The van der Waals surface area contributed by atoms with E-state index in [9.17, 15) is 14.7 Å². The highest BCUT2D eigenvalue weighted by molar-refractivity contribution is 9.10. The van der Waals surface area contributed by atoms with Crippen LogP contribution in [-0.4, -0.2) is 34.6 Å². The number of piperidine rings is 1. The predicted octanol–water partition coefficient (Wildman–Crippen LogP) is 2.93. The fraction of sp³-hybridized carbons (Fsp3) is 0.579. The Morgan fingerprint density at radius 3 is 2.69 bits per heavy atom. The lowest BCUT2D eigenvalue weighted by Gasteiger charge is -2.37. The Morgan fingerprint density at radius 2 is 2.04 bits per heavy atom. The van der Waals surface area contributed by atoms with Crippen LogP contribution >= 0.6 is 15.9 Å². The zero-order valence-corrected chi connectivity index (χ0v) is 16.6. The van der Waals surface area contributed by atoms with E-state index in [2.05, 4.69) is 21.2 Å². The number of amides is 2. The van der Waals surface area contributed by atoms with Gasteiger partial charge >= 0.3 is 0 Å². The van der Waals surface area contributed by atoms with Gasteiger partial charge in [0.15, 0.2) is 0 Å². The molecule has 1 heterocycles. The predicted molar refractivity (Wildman–Crippen MR) is 105 cm³/mol. The van der Waals surface area contributed by atoms with Crippen molar-refractivity contribution < 1.29 is 14.7 Å². The van der Waals surface area contributed by atoms with Crippen molar-refractivity contribution in [2.45, 2.75) is 69.6 Å². The second-order valence-corrected chi connectivity index (χ2v) is 8.57. The molecule has 0 radical (unpaired) electrons. The molecule has 4 N–H and O–H groups in total. The van der Waals surface area contributed by atoms with Gasteiger partial charge in [-0.15, -0.1) is 0 Å². The first kappa shape index (κ1) is 19.2. The molecule has 1 unspecified atom stereocenters. The second-order valence-electron chi connectivity index (χ2n) is 7.65. The number of hydrogen-bond donors (Lipinski definition) is 3. The molecule has 0 bridgehead atoms. The summed E-state index contributed by atoms with van der Waals surface area (Å²) in [5.74, 6) is -0.550. The molecule has 26 heavy (non-hydrogen) atoms. The summed E-state index contributed by atoms with van der Waals surface area (Å²) >= 11 is 3.46. The van der Waals surface area contributed by atoms with Gasteiger partial charge in [-0.1, -0.05) is 15.9 Å². The minimum Gasteiger partial charge on any atom is -0.390 e. The molecule has 1 atom stereocenters. The van der Waals surface area contributed by atoms with Gasteiger partial charge in [-0.25, -0.2) is 0 Å². The van der Waals surface area contributed by atoms with E-state index in [0.29, 0.717) is 24.9 Å². The highest BCUT2D eigenvalue weighted by Crippen LogP contribution is 2.37. The summed E-state index contributed by atoms with van der Waals surface area (Å²) in [5, 5.41) is 13.7. The minimum atomic E-state index is -0.613. The van der Waals surface area contributed by atoms with Gasteiger partial charge in [0.05, 0.1) is 17.0 Å². The summed E-state index contributed by atoms with van der Waals surface area (Å²) in [6.45, 7) is 1.87. The standard InChI is InChI=1S/C19H26BrN3O3/c1-19(26)9-7-13(8-10-19)22-14-6-5-12(20)11-16(14)23-15(18(21)25)3-2-4-17(23)24/h5-6,11,13,15,22,26H,2-4,7-10H2,1H3,(H2,21,25). The maximum absolute atomic E-state index is 12.6. The smallest absolute Gasteiger partial charge is 0.240 e. The molecule has 1 saturated heterocycles. The van der Waals surface area contributed by atoms with Gasteiger partial charge < -0.3 is 16.2 Å². The average Bonchev–Trinajstić information content (AvgIpc) is 2.58. The normalized spacial score (nSPS) is 29.5. The second kappa shape index (κ2) is 7.56. The number of nitrogens with one attached hydrogen (secondary N) is 1. The summed E-state index contributed by atoms with van der Waals surface area (Å²) in [6, 6.07) is 5.31. The fourth-order valence-corrected chi connectivity index (χ4v) is 4.22. The van der Waals surface area contributed by atoms with Crippen molar-refractivity contribution in [3.05, 3.63) is 22.7 Å². The van der Waals surface area contributed by atoms with Crippen LogP contribution in [0.3, 0.4) is 0 Å². The lowest BCUT2D eigenvalue weighted by atomic mass is 9.83. The molecule has 1 aliphatic heterocycles. The van der Waals surface area contributed by atoms with E-state index in [-0.39, 0.29) is 11.9 Å². The van der Waals surface area contributed by atoms with Gasteiger partial charge in [0.2, 0.25) is 11.8 Å². The Kier molecular flexibility index (Phi) is 5.58. The van der Waals surface area contributed by atoms with E-state index in [1.807, 2.05) is 25.1 Å².